The Bertz CT molecular complexity index is 911. The van der Waals surface area contributed by atoms with E-state index in [2.05, 4.69) is 36.4 Å². The molecule has 0 bridgehead atoms. The molecule has 2 aromatic rings. The van der Waals surface area contributed by atoms with Crippen molar-refractivity contribution in [3.8, 4) is 0 Å². The van der Waals surface area contributed by atoms with Crippen molar-refractivity contribution in [2.45, 2.75) is 40.0 Å². The molecule has 1 aromatic carbocycles. The van der Waals surface area contributed by atoms with Gasteiger partial charge in [0.15, 0.2) is 5.69 Å². The van der Waals surface area contributed by atoms with Crippen LogP contribution in [-0.2, 0) is 7.05 Å². The Balaban J connectivity index is 1.90. The molecule has 1 aliphatic carbocycles. The Morgan fingerprint density at radius 2 is 2.00 bits per heavy atom. The number of nitrogens with zero attached hydrogens (tertiary/aromatic N) is 3. The molecule has 1 atom stereocenters. The van der Waals surface area contributed by atoms with Crippen molar-refractivity contribution in [2.75, 3.05) is 0 Å². The number of amides is 1. The van der Waals surface area contributed by atoms with Gasteiger partial charge in [0.25, 0.3) is 11.5 Å². The number of carbonyl (C=O) groups excluding carboxylic acids is 1. The van der Waals surface area contributed by atoms with Crippen LogP contribution in [0.25, 0.3) is 10.8 Å². The molecule has 0 spiro atoms. The second kappa shape index (κ2) is 6.43. The minimum absolute atomic E-state index is 0.197. The van der Waals surface area contributed by atoms with Gasteiger partial charge in [0.2, 0.25) is 0 Å². The van der Waals surface area contributed by atoms with Gasteiger partial charge in [-0.25, -0.2) is 10.1 Å². The fourth-order valence-electron chi connectivity index (χ4n) is 3.85. The highest BCUT2D eigenvalue weighted by molar-refractivity contribution is 6.05. The first-order valence-electron chi connectivity index (χ1n) is 8.59. The van der Waals surface area contributed by atoms with Gasteiger partial charge in [0.1, 0.15) is 0 Å². The largest absolute Gasteiger partial charge is 0.292 e. The normalized spacial score (nSPS) is 21.4. The first-order valence-corrected chi connectivity index (χ1v) is 8.59. The highest BCUT2D eigenvalue weighted by Crippen LogP contribution is 2.36. The van der Waals surface area contributed by atoms with Crippen LogP contribution in [0.2, 0.25) is 0 Å². The summed E-state index contributed by atoms with van der Waals surface area (Å²) in [5.74, 6) is 0.159. The second-order valence-corrected chi connectivity index (χ2v) is 7.80. The van der Waals surface area contributed by atoms with Crippen molar-refractivity contribution in [3.05, 3.63) is 40.3 Å². The minimum Gasteiger partial charge on any atom is -0.267 e. The maximum absolute atomic E-state index is 12.6. The molecule has 0 unspecified atom stereocenters. The summed E-state index contributed by atoms with van der Waals surface area (Å²) in [4.78, 5) is 24.8. The molecule has 6 nitrogen and oxygen atoms in total. The van der Waals surface area contributed by atoms with Crippen LogP contribution in [0.5, 0.6) is 0 Å². The Kier molecular flexibility index (Phi) is 4.45. The third kappa shape index (κ3) is 3.62. The number of carbonyl (C=O) groups is 1. The van der Waals surface area contributed by atoms with Crippen LogP contribution >= 0.6 is 0 Å². The fraction of sp³-hybridized carbons (Fsp3) is 0.474. The number of aromatic nitrogens is 2. The van der Waals surface area contributed by atoms with Gasteiger partial charge in [0, 0.05) is 18.1 Å². The molecule has 1 saturated carbocycles. The zero-order chi connectivity index (χ0) is 18.2. The van der Waals surface area contributed by atoms with Crippen LogP contribution < -0.4 is 11.0 Å². The summed E-state index contributed by atoms with van der Waals surface area (Å²) in [7, 11) is 1.54. The lowest BCUT2D eigenvalue weighted by atomic mass is 9.72. The van der Waals surface area contributed by atoms with Crippen LogP contribution in [0.3, 0.4) is 0 Å². The van der Waals surface area contributed by atoms with Crippen molar-refractivity contribution >= 4 is 22.4 Å². The molecule has 6 heteroatoms. The molecule has 1 N–H and O–H groups in total. The van der Waals surface area contributed by atoms with E-state index in [0.29, 0.717) is 16.7 Å². The summed E-state index contributed by atoms with van der Waals surface area (Å²) in [6.07, 6.45) is 2.93. The van der Waals surface area contributed by atoms with Gasteiger partial charge in [-0.2, -0.15) is 10.2 Å². The van der Waals surface area contributed by atoms with E-state index in [1.165, 1.54) is 4.68 Å². The number of hydrogen-bond donors (Lipinski definition) is 1. The van der Waals surface area contributed by atoms with Crippen LogP contribution in [0.15, 0.2) is 34.2 Å². The molecule has 0 radical (unpaired) electrons. The Morgan fingerprint density at radius 3 is 2.68 bits per heavy atom. The number of benzene rings is 1. The summed E-state index contributed by atoms with van der Waals surface area (Å²) in [6, 6.07) is 7.00. The van der Waals surface area contributed by atoms with E-state index >= 15 is 0 Å². The van der Waals surface area contributed by atoms with Crippen molar-refractivity contribution in [3.63, 3.8) is 0 Å². The van der Waals surface area contributed by atoms with Gasteiger partial charge in [0.05, 0.1) is 5.39 Å². The average molecular weight is 340 g/mol. The molecule has 132 valence electrons. The zero-order valence-electron chi connectivity index (χ0n) is 15.2. The van der Waals surface area contributed by atoms with E-state index in [0.717, 1.165) is 25.0 Å². The SMILES string of the molecule is C[C@@H]1C/C(=N/NC(=O)c2nn(C)c(=O)c3ccccc23)CC(C)(C)C1. The number of rotatable bonds is 2. The monoisotopic (exact) mass is 340 g/mol. The summed E-state index contributed by atoms with van der Waals surface area (Å²) >= 11 is 0. The predicted molar refractivity (Wildman–Crippen MR) is 98.7 cm³/mol. The van der Waals surface area contributed by atoms with Gasteiger partial charge < -0.3 is 0 Å². The lowest BCUT2D eigenvalue weighted by molar-refractivity contribution is 0.0948. The number of hydrazone groups is 1. The van der Waals surface area contributed by atoms with Crippen molar-refractivity contribution in [2.24, 2.45) is 23.5 Å². The quantitative estimate of drug-likeness (QED) is 0.854. The molecule has 1 heterocycles. The van der Waals surface area contributed by atoms with Crippen molar-refractivity contribution in [1.29, 1.82) is 0 Å². The maximum Gasteiger partial charge on any atom is 0.292 e. The summed E-state index contributed by atoms with van der Waals surface area (Å²) in [5, 5.41) is 9.50. The van der Waals surface area contributed by atoms with E-state index < -0.39 is 5.91 Å². The van der Waals surface area contributed by atoms with E-state index in [-0.39, 0.29) is 16.7 Å². The van der Waals surface area contributed by atoms with Crippen molar-refractivity contribution in [1.82, 2.24) is 15.2 Å². The summed E-state index contributed by atoms with van der Waals surface area (Å²) in [5.41, 5.74) is 3.83. The van der Waals surface area contributed by atoms with Gasteiger partial charge in [-0.05, 0) is 36.7 Å². The first-order chi connectivity index (χ1) is 11.8. The lowest BCUT2D eigenvalue weighted by Gasteiger charge is -2.34. The topological polar surface area (TPSA) is 76.3 Å². The van der Waals surface area contributed by atoms with E-state index in [9.17, 15) is 9.59 Å². The van der Waals surface area contributed by atoms with E-state index in [4.69, 9.17) is 0 Å². The molecule has 1 amide bonds. The molecule has 1 aromatic heterocycles. The van der Waals surface area contributed by atoms with Gasteiger partial charge >= 0.3 is 0 Å². The average Bonchev–Trinajstić information content (AvgIpc) is 2.54. The van der Waals surface area contributed by atoms with E-state index in [1.54, 1.807) is 31.3 Å². The molecule has 0 saturated heterocycles. The van der Waals surface area contributed by atoms with Crippen LogP contribution in [-0.4, -0.2) is 21.4 Å². The molecule has 25 heavy (non-hydrogen) atoms. The van der Waals surface area contributed by atoms with Gasteiger partial charge in [-0.15, -0.1) is 0 Å². The number of hydrogen-bond acceptors (Lipinski definition) is 4. The summed E-state index contributed by atoms with van der Waals surface area (Å²) in [6.45, 7) is 6.66. The smallest absolute Gasteiger partial charge is 0.267 e. The number of fused-ring (bicyclic) bond motifs is 1. The standard InChI is InChI=1S/C19H24N4O2/c1-12-9-13(11-19(2,3)10-12)20-21-17(24)16-14-7-5-6-8-15(14)18(25)23(4)22-16/h5-8,12H,9-11H2,1-4H3,(H,21,24)/b20-13-/t12-/m1/s1. The second-order valence-electron chi connectivity index (χ2n) is 7.80. The lowest BCUT2D eigenvalue weighted by Crippen LogP contribution is -2.31. The highest BCUT2D eigenvalue weighted by atomic mass is 16.2. The van der Waals surface area contributed by atoms with E-state index in [1.807, 2.05) is 0 Å². The molecular formula is C19H24N4O2. The molecule has 1 fully saturated rings. The predicted octanol–water partition coefficient (Wildman–Crippen LogP) is 2.87. The fourth-order valence-corrected chi connectivity index (χ4v) is 3.85. The van der Waals surface area contributed by atoms with Crippen molar-refractivity contribution < 1.29 is 4.79 Å². The Morgan fingerprint density at radius 1 is 1.32 bits per heavy atom. The number of aryl methyl sites for hydroxylation is 1. The Hall–Kier alpha value is -2.50. The summed E-state index contributed by atoms with van der Waals surface area (Å²) < 4.78 is 1.19. The molecule has 3 rings (SSSR count). The van der Waals surface area contributed by atoms with Crippen LogP contribution in [0.1, 0.15) is 50.5 Å². The molecule has 0 aliphatic heterocycles. The van der Waals surface area contributed by atoms with Crippen LogP contribution in [0.4, 0.5) is 0 Å². The maximum atomic E-state index is 12.6. The van der Waals surface area contributed by atoms with Gasteiger partial charge in [-0.3, -0.25) is 9.59 Å². The third-order valence-electron chi connectivity index (χ3n) is 4.65. The third-order valence-corrected chi connectivity index (χ3v) is 4.65. The molecule has 1 aliphatic rings. The number of nitrogens with one attached hydrogen (secondary N) is 1. The van der Waals surface area contributed by atoms with Crippen LogP contribution in [0, 0.1) is 11.3 Å². The molecular weight excluding hydrogens is 316 g/mol. The highest BCUT2D eigenvalue weighted by Gasteiger charge is 2.29. The Labute approximate surface area is 146 Å². The first kappa shape index (κ1) is 17.3. The zero-order valence-corrected chi connectivity index (χ0v) is 15.2. The minimum atomic E-state index is -0.393. The van der Waals surface area contributed by atoms with Gasteiger partial charge in [-0.1, -0.05) is 39.0 Å².